The quantitative estimate of drug-likeness (QED) is 0.339. The minimum atomic E-state index is -0.685. The third-order valence-corrected chi connectivity index (χ3v) is 8.10. The highest BCUT2D eigenvalue weighted by Gasteiger charge is 2.68. The number of hydrogen-bond donors (Lipinski definition) is 1. The first-order valence-electron chi connectivity index (χ1n) is 12.0. The highest BCUT2D eigenvalue weighted by Crippen LogP contribution is 2.65. The van der Waals surface area contributed by atoms with Crippen LogP contribution in [0.4, 0.5) is 0 Å². The van der Waals surface area contributed by atoms with Crippen LogP contribution in [0.1, 0.15) is 63.4 Å². The number of carbonyl (C=O) groups excluding carboxylic acids is 3. The topological polar surface area (TPSA) is 109 Å². The van der Waals surface area contributed by atoms with E-state index in [0.717, 1.165) is 12.8 Å². The van der Waals surface area contributed by atoms with Gasteiger partial charge in [0.25, 0.3) is 0 Å². The van der Waals surface area contributed by atoms with E-state index in [1.165, 1.54) is 21.0 Å². The van der Waals surface area contributed by atoms with Crippen molar-refractivity contribution in [2.45, 2.75) is 71.5 Å². The van der Waals surface area contributed by atoms with Gasteiger partial charge in [0.05, 0.1) is 24.8 Å². The van der Waals surface area contributed by atoms with Crippen LogP contribution < -0.4 is 10.1 Å². The summed E-state index contributed by atoms with van der Waals surface area (Å²) in [7, 11) is 0.830. The fourth-order valence-corrected chi connectivity index (χ4v) is 6.18. The summed E-state index contributed by atoms with van der Waals surface area (Å²) in [6.45, 7) is 8.92. The van der Waals surface area contributed by atoms with Gasteiger partial charge in [0.2, 0.25) is 12.7 Å². The van der Waals surface area contributed by atoms with Crippen molar-refractivity contribution in [3.8, 4) is 5.75 Å². The first kappa shape index (κ1) is 25.5. The van der Waals surface area contributed by atoms with Gasteiger partial charge in [-0.05, 0) is 55.1 Å². The number of hydrogen-bond acceptors (Lipinski definition) is 8. The number of amides is 1. The molecule has 0 spiro atoms. The Kier molecular flexibility index (Phi) is 6.90. The number of esters is 2. The van der Waals surface area contributed by atoms with Crippen molar-refractivity contribution in [1.29, 1.82) is 0 Å². The van der Waals surface area contributed by atoms with E-state index in [9.17, 15) is 14.4 Å². The van der Waals surface area contributed by atoms with Crippen LogP contribution in [-0.2, 0) is 34.8 Å². The van der Waals surface area contributed by atoms with Gasteiger partial charge in [-0.15, -0.1) is 0 Å². The lowest BCUT2D eigenvalue weighted by Gasteiger charge is -2.64. The van der Waals surface area contributed by atoms with Crippen LogP contribution in [0, 0.1) is 17.3 Å². The summed E-state index contributed by atoms with van der Waals surface area (Å²) in [5.74, 6) is -0.605. The second-order valence-electron chi connectivity index (χ2n) is 10.5. The maximum absolute atomic E-state index is 12.6. The van der Waals surface area contributed by atoms with Crippen LogP contribution in [0.2, 0.25) is 0 Å². The van der Waals surface area contributed by atoms with Crippen LogP contribution in [-0.4, -0.2) is 56.5 Å². The molecule has 1 amide bonds. The molecule has 1 heterocycles. The maximum Gasteiger partial charge on any atom is 0.482 e. The first-order valence-corrected chi connectivity index (χ1v) is 12.0. The Balaban J connectivity index is 1.54. The molecule has 5 rings (SSSR count). The standard InChI is InChI=1S/C25H34BNO8/c1-14(28)27-21(26-34-20-12-17-11-19(24(17,3)4)25(20,5)35-26)10-16-8-7-9-18(22(16)31-6)23(30)33-13-32-15(2)29/h7-9,17,19-21H,10-13H2,1-6H3,(H,27,28). The van der Waals surface area contributed by atoms with E-state index in [-0.39, 0.29) is 23.0 Å². The Morgan fingerprint density at radius 3 is 2.54 bits per heavy atom. The summed E-state index contributed by atoms with van der Waals surface area (Å²) in [6.07, 6.45) is 2.37. The molecule has 1 N–H and O–H groups in total. The van der Waals surface area contributed by atoms with Crippen LogP contribution in [0.5, 0.6) is 5.75 Å². The van der Waals surface area contributed by atoms with Gasteiger partial charge < -0.3 is 28.8 Å². The van der Waals surface area contributed by atoms with E-state index in [1.54, 1.807) is 12.1 Å². The van der Waals surface area contributed by atoms with Gasteiger partial charge in [0.1, 0.15) is 11.3 Å². The van der Waals surface area contributed by atoms with Crippen molar-refractivity contribution in [1.82, 2.24) is 5.32 Å². The fourth-order valence-electron chi connectivity index (χ4n) is 6.18. The summed E-state index contributed by atoms with van der Waals surface area (Å²) in [5, 5.41) is 2.97. The zero-order valence-electron chi connectivity index (χ0n) is 21.2. The zero-order chi connectivity index (χ0) is 25.5. The number of carbonyl (C=O) groups is 3. The summed E-state index contributed by atoms with van der Waals surface area (Å²) in [5.41, 5.74) is 0.670. The lowest BCUT2D eigenvalue weighted by molar-refractivity contribution is -0.199. The number of ether oxygens (including phenoxy) is 3. The predicted octanol–water partition coefficient (Wildman–Crippen LogP) is 2.69. The lowest BCUT2D eigenvalue weighted by Crippen LogP contribution is -2.65. The summed E-state index contributed by atoms with van der Waals surface area (Å²) < 4.78 is 28.3. The van der Waals surface area contributed by atoms with Crippen molar-refractivity contribution < 1.29 is 37.9 Å². The Morgan fingerprint density at radius 1 is 1.17 bits per heavy atom. The number of methoxy groups -OCH3 is 1. The zero-order valence-corrected chi connectivity index (χ0v) is 21.2. The van der Waals surface area contributed by atoms with Crippen molar-refractivity contribution in [3.63, 3.8) is 0 Å². The molecular weight excluding hydrogens is 453 g/mol. The molecule has 4 fully saturated rings. The predicted molar refractivity (Wildman–Crippen MR) is 126 cm³/mol. The maximum atomic E-state index is 12.6. The molecule has 5 unspecified atom stereocenters. The van der Waals surface area contributed by atoms with Gasteiger partial charge in [0.15, 0.2) is 0 Å². The molecule has 1 aromatic carbocycles. The fraction of sp³-hybridized carbons (Fsp3) is 0.640. The SMILES string of the molecule is COc1c(CC(NC(C)=O)B2OC3CC4CC(C4(C)C)C3(C)O2)cccc1C(=O)OCOC(C)=O. The highest BCUT2D eigenvalue weighted by molar-refractivity contribution is 6.48. The van der Waals surface area contributed by atoms with Gasteiger partial charge in [-0.3, -0.25) is 9.59 Å². The monoisotopic (exact) mass is 487 g/mol. The smallest absolute Gasteiger partial charge is 0.482 e. The van der Waals surface area contributed by atoms with Crippen LogP contribution in [0.3, 0.4) is 0 Å². The molecule has 3 aliphatic carbocycles. The van der Waals surface area contributed by atoms with Gasteiger partial charge in [-0.1, -0.05) is 26.0 Å². The van der Waals surface area contributed by atoms with Crippen LogP contribution >= 0.6 is 0 Å². The number of benzene rings is 1. The summed E-state index contributed by atoms with van der Waals surface area (Å²) in [4.78, 5) is 35.6. The Morgan fingerprint density at radius 2 is 1.91 bits per heavy atom. The van der Waals surface area contributed by atoms with E-state index in [2.05, 4.69) is 26.1 Å². The van der Waals surface area contributed by atoms with Gasteiger partial charge in [-0.2, -0.15) is 0 Å². The van der Waals surface area contributed by atoms with Crippen LogP contribution in [0.15, 0.2) is 18.2 Å². The number of rotatable bonds is 8. The summed E-state index contributed by atoms with van der Waals surface area (Å²) in [6, 6.07) is 5.10. The van der Waals surface area contributed by atoms with Crippen molar-refractivity contribution in [2.24, 2.45) is 17.3 Å². The molecule has 2 bridgehead atoms. The molecular formula is C25H34BNO8. The van der Waals surface area contributed by atoms with E-state index in [4.69, 9.17) is 23.5 Å². The average Bonchev–Trinajstić information content (AvgIpc) is 3.14. The molecule has 1 aromatic rings. The molecule has 5 atom stereocenters. The third-order valence-electron chi connectivity index (χ3n) is 8.10. The average molecular weight is 487 g/mol. The van der Waals surface area contributed by atoms with Gasteiger partial charge in [-0.25, -0.2) is 4.79 Å². The van der Waals surface area contributed by atoms with Crippen molar-refractivity contribution >= 4 is 25.0 Å². The largest absolute Gasteiger partial charge is 0.496 e. The molecule has 9 nitrogen and oxygen atoms in total. The third kappa shape index (κ3) is 4.65. The number of para-hydroxylation sites is 1. The van der Waals surface area contributed by atoms with Crippen LogP contribution in [0.25, 0.3) is 0 Å². The Bertz CT molecular complexity index is 1010. The molecule has 1 saturated heterocycles. The molecule has 190 valence electrons. The Hall–Kier alpha value is -2.59. The molecule has 10 heteroatoms. The van der Waals surface area contributed by atoms with Crippen molar-refractivity contribution in [2.75, 3.05) is 13.9 Å². The number of nitrogens with one attached hydrogen (secondary N) is 1. The normalized spacial score (nSPS) is 28.9. The molecule has 1 aliphatic heterocycles. The van der Waals surface area contributed by atoms with E-state index >= 15 is 0 Å². The van der Waals surface area contributed by atoms with Gasteiger partial charge >= 0.3 is 19.1 Å². The minimum Gasteiger partial charge on any atom is -0.496 e. The second-order valence-corrected chi connectivity index (χ2v) is 10.5. The van der Waals surface area contributed by atoms with Crippen molar-refractivity contribution in [3.05, 3.63) is 29.3 Å². The molecule has 0 aromatic heterocycles. The highest BCUT2D eigenvalue weighted by atomic mass is 16.7. The van der Waals surface area contributed by atoms with E-state index < -0.39 is 37.4 Å². The summed E-state index contributed by atoms with van der Waals surface area (Å²) >= 11 is 0. The minimum absolute atomic E-state index is 0.0231. The van der Waals surface area contributed by atoms with E-state index in [0.29, 0.717) is 29.6 Å². The molecule has 4 aliphatic rings. The van der Waals surface area contributed by atoms with E-state index in [1.807, 2.05) is 6.07 Å². The van der Waals surface area contributed by atoms with Gasteiger partial charge in [0, 0.05) is 13.8 Å². The Labute approximate surface area is 206 Å². The molecule has 3 saturated carbocycles. The molecule has 35 heavy (non-hydrogen) atoms. The lowest BCUT2D eigenvalue weighted by atomic mass is 9.43. The first-order chi connectivity index (χ1) is 16.5. The molecule has 0 radical (unpaired) electrons. The second kappa shape index (κ2) is 9.46.